The van der Waals surface area contributed by atoms with Gasteiger partial charge in [-0.15, -0.1) is 0 Å². The van der Waals surface area contributed by atoms with E-state index in [-0.39, 0.29) is 11.3 Å². The number of benzene rings is 1. The van der Waals surface area contributed by atoms with Gasteiger partial charge >= 0.3 is 6.43 Å². The molecule has 2 aromatic rings. The molecule has 0 aliphatic heterocycles. The molecule has 2 unspecified atom stereocenters. The van der Waals surface area contributed by atoms with Crippen molar-refractivity contribution in [1.29, 1.82) is 4.78 Å². The molecule has 10 heteroatoms. The molecular weight excluding hydrogens is 395 g/mol. The first-order valence-electron chi connectivity index (χ1n) is 8.20. The van der Waals surface area contributed by atoms with E-state index in [9.17, 15) is 27.3 Å². The molecule has 0 saturated heterocycles. The fraction of sp³-hybridized carbons (Fsp3) is 0.333. The predicted molar refractivity (Wildman–Crippen MR) is 99.0 cm³/mol. The van der Waals surface area contributed by atoms with Crippen molar-refractivity contribution >= 4 is 15.6 Å². The summed E-state index contributed by atoms with van der Waals surface area (Å²) in [5.74, 6) is -1.60. The number of halogens is 3. The molecule has 3 atom stereocenters. The zero-order chi connectivity index (χ0) is 20.9. The average Bonchev–Trinajstić information content (AvgIpc) is 2.64. The molecule has 1 heterocycles. The van der Waals surface area contributed by atoms with Gasteiger partial charge in [-0.3, -0.25) is 14.6 Å². The first-order valence-corrected chi connectivity index (χ1v) is 10.3. The number of carbonyl (C=O) groups excluding carboxylic acids is 1. The molecule has 0 spiro atoms. The highest BCUT2D eigenvalue weighted by molar-refractivity contribution is 7.90. The number of aliphatic hydroxyl groups is 1. The van der Waals surface area contributed by atoms with Crippen LogP contribution in [0.4, 0.5) is 13.2 Å². The number of amides is 1. The zero-order valence-corrected chi connectivity index (χ0v) is 15.8. The van der Waals surface area contributed by atoms with Gasteiger partial charge in [-0.25, -0.2) is 8.60 Å². The Bertz CT molecular complexity index is 904. The van der Waals surface area contributed by atoms with Gasteiger partial charge in [-0.05, 0) is 17.2 Å². The monoisotopic (exact) mass is 415 g/mol. The quantitative estimate of drug-likeness (QED) is 0.617. The number of hydrogen-bond donors (Lipinski definition) is 3. The molecular formula is C18H20F3N3O3S. The second-order valence-electron chi connectivity index (χ2n) is 6.32. The summed E-state index contributed by atoms with van der Waals surface area (Å²) < 4.78 is 56.6. The second kappa shape index (κ2) is 9.16. The van der Waals surface area contributed by atoms with Crippen molar-refractivity contribution in [3.63, 3.8) is 0 Å². The standard InChI is InChI=1S/C18H20F3N3O3S/c1-28(22,27)10-14-7-6-13(9-23-14)11-2-4-12(5-3-11)16(25)15(8-19)24-18(26)17(20)21/h2-7,9,15-17,22,25H,8,10H2,1H3,(H,24,26)/t15-,16?,28?/m1/s1. The van der Waals surface area contributed by atoms with Crippen molar-refractivity contribution in [3.8, 4) is 11.1 Å². The van der Waals surface area contributed by atoms with Crippen LogP contribution in [0.2, 0.25) is 0 Å². The van der Waals surface area contributed by atoms with Crippen molar-refractivity contribution in [1.82, 2.24) is 10.3 Å². The van der Waals surface area contributed by atoms with E-state index in [0.717, 1.165) is 11.1 Å². The molecule has 6 nitrogen and oxygen atoms in total. The number of aliphatic hydroxyl groups excluding tert-OH is 1. The lowest BCUT2D eigenvalue weighted by molar-refractivity contribution is -0.133. The van der Waals surface area contributed by atoms with Gasteiger partial charge in [0.05, 0.1) is 17.5 Å². The molecule has 0 bridgehead atoms. The molecule has 0 aliphatic carbocycles. The minimum absolute atomic E-state index is 0.0490. The summed E-state index contributed by atoms with van der Waals surface area (Å²) in [6.45, 7) is -1.20. The summed E-state index contributed by atoms with van der Waals surface area (Å²) in [5, 5.41) is 11.9. The lowest BCUT2D eigenvalue weighted by Crippen LogP contribution is -2.43. The van der Waals surface area contributed by atoms with Gasteiger partial charge in [-0.1, -0.05) is 30.3 Å². The molecule has 1 amide bonds. The topological polar surface area (TPSA) is 103 Å². The Morgan fingerprint density at radius 1 is 1.21 bits per heavy atom. The molecule has 0 saturated carbocycles. The van der Waals surface area contributed by atoms with E-state index >= 15 is 0 Å². The molecule has 152 valence electrons. The number of carbonyl (C=O) groups is 1. The molecule has 2 rings (SSSR count). The van der Waals surface area contributed by atoms with Crippen LogP contribution >= 0.6 is 0 Å². The summed E-state index contributed by atoms with van der Waals surface area (Å²) in [7, 11) is -2.69. The summed E-state index contributed by atoms with van der Waals surface area (Å²) in [6, 6.07) is 8.17. The summed E-state index contributed by atoms with van der Waals surface area (Å²) in [6.07, 6.45) is -1.90. The van der Waals surface area contributed by atoms with E-state index in [1.54, 1.807) is 35.8 Å². The summed E-state index contributed by atoms with van der Waals surface area (Å²) in [5.41, 5.74) is 2.24. The Kier molecular flexibility index (Phi) is 7.14. The van der Waals surface area contributed by atoms with Crippen molar-refractivity contribution in [3.05, 3.63) is 53.9 Å². The molecule has 1 aromatic heterocycles. The van der Waals surface area contributed by atoms with Gasteiger partial charge in [0.25, 0.3) is 5.91 Å². The number of rotatable bonds is 8. The van der Waals surface area contributed by atoms with E-state index in [1.165, 1.54) is 18.4 Å². The van der Waals surface area contributed by atoms with Crippen LogP contribution in [-0.2, 0) is 20.3 Å². The van der Waals surface area contributed by atoms with Gasteiger partial charge < -0.3 is 10.4 Å². The average molecular weight is 415 g/mol. The molecule has 0 radical (unpaired) electrons. The Balaban J connectivity index is 2.12. The maximum Gasteiger partial charge on any atom is 0.315 e. The fourth-order valence-electron chi connectivity index (χ4n) is 2.52. The Labute approximate surface area is 160 Å². The van der Waals surface area contributed by atoms with Crippen LogP contribution in [0.5, 0.6) is 0 Å². The molecule has 3 N–H and O–H groups in total. The van der Waals surface area contributed by atoms with Gasteiger partial charge in [0.1, 0.15) is 12.8 Å². The summed E-state index contributed by atoms with van der Waals surface area (Å²) >= 11 is 0. The van der Waals surface area contributed by atoms with Crippen molar-refractivity contribution in [2.45, 2.75) is 24.3 Å². The van der Waals surface area contributed by atoms with Crippen molar-refractivity contribution in [2.24, 2.45) is 0 Å². The van der Waals surface area contributed by atoms with Crippen LogP contribution in [0.15, 0.2) is 42.6 Å². The van der Waals surface area contributed by atoms with E-state index in [1.807, 2.05) is 0 Å². The van der Waals surface area contributed by atoms with E-state index in [4.69, 9.17) is 4.78 Å². The molecule has 28 heavy (non-hydrogen) atoms. The molecule has 0 aliphatic rings. The predicted octanol–water partition coefficient (Wildman–Crippen LogP) is 2.68. The van der Waals surface area contributed by atoms with Crippen LogP contribution in [0.1, 0.15) is 17.4 Å². The third kappa shape index (κ3) is 6.03. The van der Waals surface area contributed by atoms with Gasteiger partial charge in [-0.2, -0.15) is 8.78 Å². The smallest absolute Gasteiger partial charge is 0.315 e. The van der Waals surface area contributed by atoms with Crippen molar-refractivity contribution in [2.75, 3.05) is 12.9 Å². The largest absolute Gasteiger partial charge is 0.386 e. The number of pyridine rings is 1. The Morgan fingerprint density at radius 3 is 2.29 bits per heavy atom. The van der Waals surface area contributed by atoms with Crippen molar-refractivity contribution < 1.29 is 27.3 Å². The number of nitrogens with one attached hydrogen (secondary N) is 2. The zero-order valence-electron chi connectivity index (χ0n) is 14.9. The second-order valence-corrected chi connectivity index (χ2v) is 8.62. The highest BCUT2D eigenvalue weighted by atomic mass is 32.2. The fourth-order valence-corrected chi connectivity index (χ4v) is 3.25. The number of aromatic nitrogens is 1. The maximum atomic E-state index is 13.1. The molecule has 1 aromatic carbocycles. The van der Waals surface area contributed by atoms with Gasteiger partial charge in [0.2, 0.25) is 0 Å². The van der Waals surface area contributed by atoms with E-state index in [0.29, 0.717) is 5.69 Å². The Morgan fingerprint density at radius 2 is 1.82 bits per heavy atom. The Hall–Kier alpha value is -2.46. The van der Waals surface area contributed by atoms with Gasteiger partial charge in [0.15, 0.2) is 0 Å². The third-order valence-electron chi connectivity index (χ3n) is 3.91. The lowest BCUT2D eigenvalue weighted by atomic mass is 9.99. The number of hydrogen-bond acceptors (Lipinski definition) is 5. The minimum Gasteiger partial charge on any atom is -0.386 e. The highest BCUT2D eigenvalue weighted by Crippen LogP contribution is 2.24. The first kappa shape index (κ1) is 21.8. The minimum atomic E-state index is -3.30. The lowest BCUT2D eigenvalue weighted by Gasteiger charge is -2.22. The van der Waals surface area contributed by atoms with Crippen LogP contribution < -0.4 is 5.32 Å². The van der Waals surface area contributed by atoms with E-state index < -0.39 is 40.9 Å². The highest BCUT2D eigenvalue weighted by Gasteiger charge is 2.26. The third-order valence-corrected chi connectivity index (χ3v) is 4.75. The first-order chi connectivity index (χ1) is 13.1. The van der Waals surface area contributed by atoms with Crippen LogP contribution in [0.25, 0.3) is 11.1 Å². The number of alkyl halides is 3. The van der Waals surface area contributed by atoms with Crippen LogP contribution in [-0.4, -0.2) is 45.6 Å². The van der Waals surface area contributed by atoms with Crippen LogP contribution in [0, 0.1) is 4.78 Å². The number of nitrogens with zero attached hydrogens (tertiary/aromatic N) is 1. The van der Waals surface area contributed by atoms with Gasteiger partial charge in [0, 0.05) is 27.7 Å². The van der Waals surface area contributed by atoms with E-state index in [2.05, 4.69) is 4.98 Å². The maximum absolute atomic E-state index is 13.1. The normalized spacial score (nSPS) is 15.6. The SMILES string of the molecule is CS(=N)(=O)Cc1ccc(-c2ccc(C(O)[C@@H](CF)NC(=O)C(F)F)cc2)cn1. The summed E-state index contributed by atoms with van der Waals surface area (Å²) in [4.78, 5) is 15.2. The van der Waals surface area contributed by atoms with Crippen LogP contribution in [0.3, 0.4) is 0 Å². The molecule has 0 fully saturated rings.